The molecular formula is C18H22FN5O2. The van der Waals surface area contributed by atoms with Gasteiger partial charge < -0.3 is 10.6 Å². The monoisotopic (exact) mass is 359 g/mol. The van der Waals surface area contributed by atoms with Crippen molar-refractivity contribution < 1.29 is 14.0 Å². The number of halogens is 1. The second kappa shape index (κ2) is 8.07. The second-order valence-corrected chi connectivity index (χ2v) is 6.42. The predicted molar refractivity (Wildman–Crippen MR) is 94.5 cm³/mol. The smallest absolute Gasteiger partial charge is 0.251 e. The molecule has 0 saturated heterocycles. The van der Waals surface area contributed by atoms with Crippen molar-refractivity contribution >= 4 is 17.5 Å². The third-order valence-electron chi connectivity index (χ3n) is 4.36. The lowest BCUT2D eigenvalue weighted by Crippen LogP contribution is -2.27. The van der Waals surface area contributed by atoms with Crippen LogP contribution in [0.15, 0.2) is 24.4 Å². The first-order valence-electron chi connectivity index (χ1n) is 8.76. The van der Waals surface area contributed by atoms with E-state index in [2.05, 4.69) is 20.9 Å². The molecule has 3 rings (SSSR count). The first-order chi connectivity index (χ1) is 12.6. The Bertz CT molecular complexity index is 805. The number of hydrogen-bond acceptors (Lipinski definition) is 4. The van der Waals surface area contributed by atoms with E-state index in [0.29, 0.717) is 30.6 Å². The van der Waals surface area contributed by atoms with E-state index in [1.807, 2.05) is 13.0 Å². The number of aromatic nitrogens is 3. The minimum Gasteiger partial charge on any atom is -0.344 e. The number of aryl methyl sites for hydroxylation is 2. The predicted octanol–water partition coefficient (Wildman–Crippen LogP) is 2.40. The van der Waals surface area contributed by atoms with Gasteiger partial charge in [0.2, 0.25) is 5.91 Å². The zero-order valence-corrected chi connectivity index (χ0v) is 14.7. The molecule has 2 aromatic rings. The zero-order chi connectivity index (χ0) is 18.5. The van der Waals surface area contributed by atoms with Crippen molar-refractivity contribution in [1.82, 2.24) is 20.3 Å². The third-order valence-corrected chi connectivity index (χ3v) is 4.36. The number of rotatable bonds is 6. The van der Waals surface area contributed by atoms with Gasteiger partial charge in [0.15, 0.2) is 0 Å². The first kappa shape index (κ1) is 18.0. The molecule has 1 aliphatic rings. The number of hydrogen-bond donors (Lipinski definition) is 2. The number of nitrogens with zero attached hydrogens (tertiary/aromatic N) is 3. The van der Waals surface area contributed by atoms with Gasteiger partial charge in [-0.3, -0.25) is 18.7 Å². The van der Waals surface area contributed by atoms with Crippen molar-refractivity contribution in [2.75, 3.05) is 12.0 Å². The zero-order valence-electron chi connectivity index (χ0n) is 14.7. The summed E-state index contributed by atoms with van der Waals surface area (Å²) in [4.78, 5) is 24.1. The van der Waals surface area contributed by atoms with Crippen LogP contribution in [0.3, 0.4) is 0 Å². The van der Waals surface area contributed by atoms with Crippen LogP contribution >= 0.6 is 0 Å². The Morgan fingerprint density at radius 2 is 2.27 bits per heavy atom. The Morgan fingerprint density at radius 3 is 3.08 bits per heavy atom. The number of carbonyl (C=O) groups excluding carboxylic acids is 2. The van der Waals surface area contributed by atoms with E-state index in [1.54, 1.807) is 23.0 Å². The molecule has 1 aliphatic heterocycles. The highest BCUT2D eigenvalue weighted by Crippen LogP contribution is 2.23. The molecule has 0 fully saturated rings. The molecule has 138 valence electrons. The topological polar surface area (TPSA) is 88.9 Å². The van der Waals surface area contributed by atoms with Crippen LogP contribution in [0.5, 0.6) is 0 Å². The highest BCUT2D eigenvalue weighted by Gasteiger charge is 2.18. The lowest BCUT2D eigenvalue weighted by molar-refractivity contribution is -0.116. The standard InChI is InChI=1S/C18H22FN5O2/c1-12(16-11-24(23-22-16)9-3-8-19)20-18(26)14-6-7-15-13(10-14)4-2-5-17(25)21-15/h6-7,10-12H,2-5,8-9H2,1H3,(H,20,26)(H,21,25). The fourth-order valence-electron chi connectivity index (χ4n) is 2.91. The molecule has 8 heteroatoms. The number of carbonyl (C=O) groups is 2. The van der Waals surface area contributed by atoms with E-state index in [0.717, 1.165) is 24.1 Å². The SMILES string of the molecule is CC(NC(=O)c1ccc2c(c1)CCCC(=O)N2)c1cn(CCCF)nn1. The van der Waals surface area contributed by atoms with E-state index >= 15 is 0 Å². The Hall–Kier alpha value is -2.77. The Balaban J connectivity index is 1.67. The lowest BCUT2D eigenvalue weighted by Gasteiger charge is -2.13. The number of amides is 2. The van der Waals surface area contributed by atoms with Crippen LogP contribution in [0.2, 0.25) is 0 Å². The number of anilines is 1. The second-order valence-electron chi connectivity index (χ2n) is 6.42. The van der Waals surface area contributed by atoms with Gasteiger partial charge in [-0.15, -0.1) is 5.10 Å². The molecule has 1 unspecified atom stereocenters. The highest BCUT2D eigenvalue weighted by atomic mass is 19.1. The molecule has 0 bridgehead atoms. The van der Waals surface area contributed by atoms with E-state index in [9.17, 15) is 14.0 Å². The Kier molecular flexibility index (Phi) is 5.60. The number of fused-ring (bicyclic) bond motifs is 1. The van der Waals surface area contributed by atoms with E-state index < -0.39 is 6.67 Å². The number of alkyl halides is 1. The molecule has 2 amide bonds. The maximum atomic E-state index is 12.5. The summed E-state index contributed by atoms with van der Waals surface area (Å²) in [5.41, 5.74) is 2.90. The van der Waals surface area contributed by atoms with E-state index in [1.165, 1.54) is 0 Å². The molecule has 1 aromatic heterocycles. The quantitative estimate of drug-likeness (QED) is 0.829. The van der Waals surface area contributed by atoms with Crippen molar-refractivity contribution in [3.63, 3.8) is 0 Å². The molecule has 0 radical (unpaired) electrons. The maximum Gasteiger partial charge on any atom is 0.251 e. The molecule has 1 atom stereocenters. The van der Waals surface area contributed by atoms with E-state index in [-0.39, 0.29) is 17.9 Å². The molecule has 7 nitrogen and oxygen atoms in total. The van der Waals surface area contributed by atoms with Gasteiger partial charge in [-0.25, -0.2) is 0 Å². The number of benzene rings is 1. The Labute approximate surface area is 151 Å². The molecular weight excluding hydrogens is 337 g/mol. The minimum absolute atomic E-state index is 0.00502. The van der Waals surface area contributed by atoms with Gasteiger partial charge in [0, 0.05) is 24.2 Å². The van der Waals surface area contributed by atoms with Crippen LogP contribution in [-0.4, -0.2) is 33.5 Å². The van der Waals surface area contributed by atoms with Crippen LogP contribution in [0, 0.1) is 0 Å². The third kappa shape index (κ3) is 4.25. The maximum absolute atomic E-state index is 12.5. The van der Waals surface area contributed by atoms with Gasteiger partial charge in [0.05, 0.1) is 18.9 Å². The van der Waals surface area contributed by atoms with Crippen molar-refractivity contribution in [3.8, 4) is 0 Å². The van der Waals surface area contributed by atoms with Gasteiger partial charge in [0.25, 0.3) is 5.91 Å². The fourth-order valence-corrected chi connectivity index (χ4v) is 2.91. The summed E-state index contributed by atoms with van der Waals surface area (Å²) in [6, 6.07) is 4.97. The van der Waals surface area contributed by atoms with Gasteiger partial charge in [0.1, 0.15) is 5.69 Å². The fraction of sp³-hybridized carbons (Fsp3) is 0.444. The molecule has 0 spiro atoms. The largest absolute Gasteiger partial charge is 0.344 e. The van der Waals surface area contributed by atoms with E-state index in [4.69, 9.17) is 0 Å². The lowest BCUT2D eigenvalue weighted by atomic mass is 10.0. The summed E-state index contributed by atoms with van der Waals surface area (Å²) < 4.78 is 13.8. The summed E-state index contributed by atoms with van der Waals surface area (Å²) in [7, 11) is 0. The van der Waals surface area contributed by atoms with Crippen molar-refractivity contribution in [3.05, 3.63) is 41.2 Å². The summed E-state index contributed by atoms with van der Waals surface area (Å²) in [5, 5.41) is 13.7. The molecule has 1 aromatic carbocycles. The van der Waals surface area contributed by atoms with Crippen LogP contribution < -0.4 is 10.6 Å². The van der Waals surface area contributed by atoms with Crippen molar-refractivity contribution in [2.45, 2.75) is 45.2 Å². The average molecular weight is 359 g/mol. The van der Waals surface area contributed by atoms with Crippen LogP contribution in [-0.2, 0) is 17.8 Å². The van der Waals surface area contributed by atoms with Gasteiger partial charge >= 0.3 is 0 Å². The summed E-state index contributed by atoms with van der Waals surface area (Å²) in [6.45, 7) is 1.88. The number of nitrogens with one attached hydrogen (secondary N) is 2. The van der Waals surface area contributed by atoms with Crippen LogP contribution in [0.4, 0.5) is 10.1 Å². The normalized spacial score (nSPS) is 14.9. The van der Waals surface area contributed by atoms with Gasteiger partial charge in [-0.2, -0.15) is 0 Å². The first-order valence-corrected chi connectivity index (χ1v) is 8.76. The molecule has 0 aliphatic carbocycles. The van der Waals surface area contributed by atoms with Gasteiger partial charge in [-0.05, 0) is 49.9 Å². The van der Waals surface area contributed by atoms with Crippen LogP contribution in [0.1, 0.15) is 53.8 Å². The summed E-state index contributed by atoms with van der Waals surface area (Å²) in [5.74, 6) is -0.209. The average Bonchev–Trinajstić information content (AvgIpc) is 3.02. The Morgan fingerprint density at radius 1 is 1.42 bits per heavy atom. The molecule has 26 heavy (non-hydrogen) atoms. The summed E-state index contributed by atoms with van der Waals surface area (Å²) in [6.07, 6.45) is 4.11. The minimum atomic E-state index is -0.403. The van der Waals surface area contributed by atoms with Crippen LogP contribution in [0.25, 0.3) is 0 Å². The van der Waals surface area contributed by atoms with Crippen molar-refractivity contribution in [2.24, 2.45) is 0 Å². The summed E-state index contributed by atoms with van der Waals surface area (Å²) >= 11 is 0. The molecule has 2 heterocycles. The highest BCUT2D eigenvalue weighted by molar-refractivity contribution is 5.97. The van der Waals surface area contributed by atoms with Crippen molar-refractivity contribution in [1.29, 1.82) is 0 Å². The molecule has 2 N–H and O–H groups in total. The molecule has 0 saturated carbocycles. The van der Waals surface area contributed by atoms with Gasteiger partial charge in [-0.1, -0.05) is 5.21 Å².